The Kier molecular flexibility index (Phi) is 3.77. The molecule has 0 aliphatic rings. The molecule has 0 bridgehead atoms. The lowest BCUT2D eigenvalue weighted by Crippen LogP contribution is -1.97. The summed E-state index contributed by atoms with van der Waals surface area (Å²) in [4.78, 5) is 4.06. The van der Waals surface area contributed by atoms with Crippen LogP contribution < -0.4 is 0 Å². The summed E-state index contributed by atoms with van der Waals surface area (Å²) in [6, 6.07) is 0. The molecule has 0 spiro atoms. The van der Waals surface area contributed by atoms with Gasteiger partial charge in [0, 0.05) is 5.92 Å². The van der Waals surface area contributed by atoms with Crippen LogP contribution in [0.3, 0.4) is 0 Å². The van der Waals surface area contributed by atoms with Crippen LogP contribution in [0.5, 0.6) is 0 Å². The first-order valence-electron chi connectivity index (χ1n) is 4.65. The Morgan fingerprint density at radius 1 is 1.50 bits per heavy atom. The second-order valence-electron chi connectivity index (χ2n) is 3.03. The number of nitrogens with zero attached hydrogens (tertiary/aromatic N) is 2. The Labute approximate surface area is 73.2 Å². The third-order valence-electron chi connectivity index (χ3n) is 2.13. The summed E-state index contributed by atoms with van der Waals surface area (Å²) in [5, 5.41) is 3.61. The number of hydrogen-bond donors (Lipinski definition) is 0. The molecule has 3 nitrogen and oxygen atoms in total. The van der Waals surface area contributed by atoms with E-state index < -0.39 is 0 Å². The molecule has 1 heterocycles. The van der Waals surface area contributed by atoms with E-state index in [1.807, 2.05) is 0 Å². The SMILES string of the molecule is CCCCC(CC)c1ncno1. The molecular weight excluding hydrogens is 152 g/mol. The van der Waals surface area contributed by atoms with E-state index >= 15 is 0 Å². The van der Waals surface area contributed by atoms with Gasteiger partial charge >= 0.3 is 0 Å². The smallest absolute Gasteiger partial charge is 0.229 e. The fourth-order valence-electron chi connectivity index (χ4n) is 1.31. The molecule has 1 aromatic rings. The summed E-state index contributed by atoms with van der Waals surface area (Å²) < 4.78 is 5.02. The molecule has 1 unspecified atom stereocenters. The molecule has 0 aliphatic carbocycles. The minimum Gasteiger partial charge on any atom is -0.339 e. The summed E-state index contributed by atoms with van der Waals surface area (Å²) >= 11 is 0. The first kappa shape index (κ1) is 9.23. The molecule has 0 saturated carbocycles. The van der Waals surface area contributed by atoms with Gasteiger partial charge in [-0.25, -0.2) is 0 Å². The van der Waals surface area contributed by atoms with Crippen molar-refractivity contribution in [2.75, 3.05) is 0 Å². The minimum absolute atomic E-state index is 0.465. The summed E-state index contributed by atoms with van der Waals surface area (Å²) in [6.07, 6.45) is 6.19. The van der Waals surface area contributed by atoms with Crippen molar-refractivity contribution in [2.24, 2.45) is 0 Å². The maximum atomic E-state index is 5.02. The van der Waals surface area contributed by atoms with Gasteiger partial charge in [0.2, 0.25) is 5.89 Å². The van der Waals surface area contributed by atoms with Crippen molar-refractivity contribution in [1.29, 1.82) is 0 Å². The first-order chi connectivity index (χ1) is 5.88. The second-order valence-corrected chi connectivity index (χ2v) is 3.03. The van der Waals surface area contributed by atoms with Gasteiger partial charge in [0.05, 0.1) is 0 Å². The van der Waals surface area contributed by atoms with Crippen molar-refractivity contribution in [3.8, 4) is 0 Å². The highest BCUT2D eigenvalue weighted by atomic mass is 16.5. The molecule has 0 radical (unpaired) electrons. The van der Waals surface area contributed by atoms with E-state index in [4.69, 9.17) is 4.52 Å². The van der Waals surface area contributed by atoms with Gasteiger partial charge in [0.25, 0.3) is 0 Å². The van der Waals surface area contributed by atoms with Gasteiger partial charge < -0.3 is 4.52 Å². The molecular formula is C9H16N2O. The predicted octanol–water partition coefficient (Wildman–Crippen LogP) is 2.75. The van der Waals surface area contributed by atoms with Gasteiger partial charge in [-0.15, -0.1) is 0 Å². The average Bonchev–Trinajstić information content (AvgIpc) is 2.59. The van der Waals surface area contributed by atoms with Crippen molar-refractivity contribution >= 4 is 0 Å². The Bertz CT molecular complexity index is 196. The average molecular weight is 168 g/mol. The van der Waals surface area contributed by atoms with E-state index in [1.165, 1.54) is 19.2 Å². The number of aromatic nitrogens is 2. The van der Waals surface area contributed by atoms with Crippen LogP contribution in [0.25, 0.3) is 0 Å². The van der Waals surface area contributed by atoms with Gasteiger partial charge in [-0.3, -0.25) is 0 Å². The molecule has 0 aliphatic heterocycles. The fourth-order valence-corrected chi connectivity index (χ4v) is 1.31. The lowest BCUT2D eigenvalue weighted by Gasteiger charge is -2.07. The molecule has 1 atom stereocenters. The summed E-state index contributed by atoms with van der Waals surface area (Å²) in [5.74, 6) is 1.26. The molecule has 0 fully saturated rings. The van der Waals surface area contributed by atoms with Crippen LogP contribution >= 0.6 is 0 Å². The Morgan fingerprint density at radius 3 is 2.83 bits per heavy atom. The van der Waals surface area contributed by atoms with Crippen LogP contribution in [-0.2, 0) is 0 Å². The molecule has 0 amide bonds. The molecule has 1 rings (SSSR count). The van der Waals surface area contributed by atoms with Crippen LogP contribution in [0.15, 0.2) is 10.9 Å². The van der Waals surface area contributed by atoms with E-state index in [0.717, 1.165) is 18.7 Å². The van der Waals surface area contributed by atoms with Crippen LogP contribution in [0.4, 0.5) is 0 Å². The normalized spacial score (nSPS) is 13.2. The molecule has 3 heteroatoms. The van der Waals surface area contributed by atoms with Crippen molar-refractivity contribution in [1.82, 2.24) is 10.1 Å². The topological polar surface area (TPSA) is 38.9 Å². The molecule has 0 saturated heterocycles. The molecule has 68 valence electrons. The maximum Gasteiger partial charge on any atom is 0.229 e. The Balaban J connectivity index is 2.45. The Hall–Kier alpha value is -0.860. The molecule has 0 aromatic carbocycles. The lowest BCUT2D eigenvalue weighted by molar-refractivity contribution is 0.339. The van der Waals surface area contributed by atoms with Crippen molar-refractivity contribution in [3.05, 3.63) is 12.2 Å². The first-order valence-corrected chi connectivity index (χ1v) is 4.65. The third kappa shape index (κ3) is 2.32. The number of unbranched alkanes of at least 4 members (excludes halogenated alkanes) is 1. The summed E-state index contributed by atoms with van der Waals surface area (Å²) in [6.45, 7) is 4.35. The molecule has 12 heavy (non-hydrogen) atoms. The van der Waals surface area contributed by atoms with E-state index in [1.54, 1.807) is 0 Å². The van der Waals surface area contributed by atoms with Crippen molar-refractivity contribution < 1.29 is 4.52 Å². The molecule has 0 N–H and O–H groups in total. The maximum absolute atomic E-state index is 5.02. The van der Waals surface area contributed by atoms with Crippen LogP contribution in [-0.4, -0.2) is 10.1 Å². The third-order valence-corrected chi connectivity index (χ3v) is 2.13. The van der Waals surface area contributed by atoms with E-state index in [0.29, 0.717) is 5.92 Å². The predicted molar refractivity (Wildman–Crippen MR) is 46.9 cm³/mol. The van der Waals surface area contributed by atoms with Crippen LogP contribution in [0.2, 0.25) is 0 Å². The summed E-state index contributed by atoms with van der Waals surface area (Å²) in [7, 11) is 0. The minimum atomic E-state index is 0.465. The van der Waals surface area contributed by atoms with Crippen LogP contribution in [0.1, 0.15) is 51.3 Å². The quantitative estimate of drug-likeness (QED) is 0.678. The van der Waals surface area contributed by atoms with Crippen LogP contribution in [0, 0.1) is 0 Å². The zero-order valence-electron chi connectivity index (χ0n) is 7.79. The highest BCUT2D eigenvalue weighted by Crippen LogP contribution is 2.22. The van der Waals surface area contributed by atoms with E-state index in [2.05, 4.69) is 24.0 Å². The van der Waals surface area contributed by atoms with Gasteiger partial charge in [-0.2, -0.15) is 4.98 Å². The van der Waals surface area contributed by atoms with Gasteiger partial charge in [0.15, 0.2) is 6.33 Å². The number of rotatable bonds is 5. The largest absolute Gasteiger partial charge is 0.339 e. The summed E-state index contributed by atoms with van der Waals surface area (Å²) in [5.41, 5.74) is 0. The second kappa shape index (κ2) is 4.91. The standard InChI is InChI=1S/C9H16N2O/c1-3-5-6-8(4-2)9-10-7-11-12-9/h7-8H,3-6H2,1-2H3. The van der Waals surface area contributed by atoms with Gasteiger partial charge in [-0.05, 0) is 12.8 Å². The number of hydrogen-bond acceptors (Lipinski definition) is 3. The zero-order valence-corrected chi connectivity index (χ0v) is 7.79. The fraction of sp³-hybridized carbons (Fsp3) is 0.778. The van der Waals surface area contributed by atoms with Gasteiger partial charge in [0.1, 0.15) is 0 Å². The highest BCUT2D eigenvalue weighted by molar-refractivity contribution is 4.87. The van der Waals surface area contributed by atoms with Gasteiger partial charge in [-0.1, -0.05) is 31.8 Å². The highest BCUT2D eigenvalue weighted by Gasteiger charge is 2.13. The lowest BCUT2D eigenvalue weighted by atomic mass is 9.99. The van der Waals surface area contributed by atoms with E-state index in [-0.39, 0.29) is 0 Å². The van der Waals surface area contributed by atoms with E-state index in [9.17, 15) is 0 Å². The monoisotopic (exact) mass is 168 g/mol. The molecule has 1 aromatic heterocycles. The van der Waals surface area contributed by atoms with Crippen molar-refractivity contribution in [2.45, 2.75) is 45.4 Å². The Morgan fingerprint density at radius 2 is 2.33 bits per heavy atom. The van der Waals surface area contributed by atoms with Crippen molar-refractivity contribution in [3.63, 3.8) is 0 Å². The zero-order chi connectivity index (χ0) is 8.81.